The van der Waals surface area contributed by atoms with Crippen LogP contribution in [0.15, 0.2) is 34.9 Å². The van der Waals surface area contributed by atoms with Crippen molar-refractivity contribution in [2.75, 3.05) is 18.0 Å². The summed E-state index contributed by atoms with van der Waals surface area (Å²) in [4.78, 5) is 26.6. The standard InChI is InChI=1S/C23H24BrFN6O2/c1-22(2,3)33-21(32)30-23(14-6-4-5-7-16(14)25)8-10-31(11-9-23)20-28-17(12-26)18-15(24)13-27-19(18)29-20/h4-7,13H,8-11H2,1-3H3,(H,30,32)(H,27,28,29). The van der Waals surface area contributed by atoms with Gasteiger partial charge in [-0.25, -0.2) is 14.2 Å². The number of hydrogen-bond acceptors (Lipinski definition) is 6. The van der Waals surface area contributed by atoms with Gasteiger partial charge in [-0.2, -0.15) is 10.2 Å². The first-order valence-electron chi connectivity index (χ1n) is 10.6. The highest BCUT2D eigenvalue weighted by Crippen LogP contribution is 2.36. The number of halogens is 2. The summed E-state index contributed by atoms with van der Waals surface area (Å²) in [5, 5.41) is 13.1. The van der Waals surface area contributed by atoms with E-state index in [2.05, 4.69) is 42.3 Å². The van der Waals surface area contributed by atoms with Crippen LogP contribution in [-0.4, -0.2) is 39.7 Å². The number of H-pyrrole nitrogens is 1. The number of aromatic amines is 1. The Labute approximate surface area is 199 Å². The molecule has 0 aliphatic carbocycles. The number of hydrogen-bond donors (Lipinski definition) is 2. The number of ether oxygens (including phenoxy) is 1. The van der Waals surface area contributed by atoms with Crippen molar-refractivity contribution in [3.05, 3.63) is 52.0 Å². The Kier molecular flexibility index (Phi) is 6.01. The van der Waals surface area contributed by atoms with Gasteiger partial charge in [-0.1, -0.05) is 18.2 Å². The zero-order valence-corrected chi connectivity index (χ0v) is 20.2. The molecule has 0 atom stereocenters. The number of amides is 1. The molecule has 1 aliphatic heterocycles. The van der Waals surface area contributed by atoms with Crippen LogP contribution < -0.4 is 10.2 Å². The lowest BCUT2D eigenvalue weighted by Gasteiger charge is -2.43. The summed E-state index contributed by atoms with van der Waals surface area (Å²) in [5.74, 6) is 0.0236. The molecule has 33 heavy (non-hydrogen) atoms. The van der Waals surface area contributed by atoms with Gasteiger partial charge in [-0.05, 0) is 55.6 Å². The van der Waals surface area contributed by atoms with Crippen LogP contribution in [0.3, 0.4) is 0 Å². The van der Waals surface area contributed by atoms with Gasteiger partial charge < -0.3 is 19.9 Å². The van der Waals surface area contributed by atoms with Crippen LogP contribution in [-0.2, 0) is 10.3 Å². The third kappa shape index (κ3) is 4.64. The van der Waals surface area contributed by atoms with E-state index in [1.165, 1.54) is 6.07 Å². The first kappa shape index (κ1) is 23.0. The van der Waals surface area contributed by atoms with Crippen LogP contribution in [0.25, 0.3) is 11.0 Å². The molecule has 0 saturated carbocycles. The van der Waals surface area contributed by atoms with Crippen LogP contribution in [0.1, 0.15) is 44.9 Å². The zero-order chi connectivity index (χ0) is 23.8. The maximum atomic E-state index is 14.8. The molecule has 0 bridgehead atoms. The highest BCUT2D eigenvalue weighted by Gasteiger charge is 2.41. The van der Waals surface area contributed by atoms with Crippen LogP contribution in [0.5, 0.6) is 0 Å². The van der Waals surface area contributed by atoms with E-state index < -0.39 is 17.2 Å². The highest BCUT2D eigenvalue weighted by molar-refractivity contribution is 9.10. The van der Waals surface area contributed by atoms with Crippen LogP contribution in [0.2, 0.25) is 0 Å². The topological polar surface area (TPSA) is 107 Å². The van der Waals surface area contributed by atoms with Crippen molar-refractivity contribution in [3.63, 3.8) is 0 Å². The first-order chi connectivity index (χ1) is 15.6. The number of anilines is 1. The second-order valence-electron chi connectivity index (χ2n) is 9.02. The van der Waals surface area contributed by atoms with Crippen molar-refractivity contribution in [2.45, 2.75) is 44.8 Å². The number of nitriles is 1. The number of rotatable bonds is 3. The Morgan fingerprint density at radius 2 is 2.00 bits per heavy atom. The Balaban J connectivity index is 1.63. The zero-order valence-electron chi connectivity index (χ0n) is 18.6. The second kappa shape index (κ2) is 8.63. The number of carbonyl (C=O) groups is 1. The lowest BCUT2D eigenvalue weighted by molar-refractivity contribution is 0.0428. The summed E-state index contributed by atoms with van der Waals surface area (Å²) >= 11 is 3.41. The summed E-state index contributed by atoms with van der Waals surface area (Å²) in [6.07, 6.45) is 1.93. The summed E-state index contributed by atoms with van der Waals surface area (Å²) < 4.78 is 21.0. The minimum atomic E-state index is -0.943. The van der Waals surface area contributed by atoms with Crippen molar-refractivity contribution >= 4 is 39.0 Å². The monoisotopic (exact) mass is 514 g/mol. The molecule has 1 aliphatic rings. The average Bonchev–Trinajstić information content (AvgIpc) is 3.13. The molecule has 172 valence electrons. The molecule has 4 rings (SSSR count). The lowest BCUT2D eigenvalue weighted by atomic mass is 9.80. The van der Waals surface area contributed by atoms with E-state index in [4.69, 9.17) is 4.74 Å². The third-order valence-corrected chi connectivity index (χ3v) is 6.23. The van der Waals surface area contributed by atoms with E-state index >= 15 is 0 Å². The molecule has 3 aromatic rings. The van der Waals surface area contributed by atoms with Crippen molar-refractivity contribution in [3.8, 4) is 6.07 Å². The molecule has 0 radical (unpaired) electrons. The molecule has 1 amide bonds. The molecular weight excluding hydrogens is 491 g/mol. The number of fused-ring (bicyclic) bond motifs is 1. The van der Waals surface area contributed by atoms with Gasteiger partial charge in [0.25, 0.3) is 0 Å². The molecule has 0 unspecified atom stereocenters. The van der Waals surface area contributed by atoms with E-state index in [0.717, 1.165) is 4.47 Å². The molecule has 8 nitrogen and oxygen atoms in total. The lowest BCUT2D eigenvalue weighted by Crippen LogP contribution is -2.54. The normalized spacial score (nSPS) is 15.8. The maximum absolute atomic E-state index is 14.8. The van der Waals surface area contributed by atoms with Gasteiger partial charge in [0.15, 0.2) is 5.69 Å². The average molecular weight is 515 g/mol. The van der Waals surface area contributed by atoms with Gasteiger partial charge in [0.1, 0.15) is 23.1 Å². The highest BCUT2D eigenvalue weighted by atomic mass is 79.9. The molecule has 0 spiro atoms. The predicted molar refractivity (Wildman–Crippen MR) is 125 cm³/mol. The van der Waals surface area contributed by atoms with E-state index in [-0.39, 0.29) is 11.5 Å². The largest absolute Gasteiger partial charge is 0.444 e. The quantitative estimate of drug-likeness (QED) is 0.522. The molecule has 2 aromatic heterocycles. The Morgan fingerprint density at radius 3 is 2.64 bits per heavy atom. The summed E-state index contributed by atoms with van der Waals surface area (Å²) in [6.45, 7) is 6.24. The number of carbonyl (C=O) groups excluding carboxylic acids is 1. The van der Waals surface area contributed by atoms with E-state index in [9.17, 15) is 14.4 Å². The van der Waals surface area contributed by atoms with Crippen molar-refractivity contribution in [1.82, 2.24) is 20.3 Å². The van der Waals surface area contributed by atoms with Crippen LogP contribution in [0, 0.1) is 17.1 Å². The second-order valence-corrected chi connectivity index (χ2v) is 9.87. The Morgan fingerprint density at radius 1 is 1.30 bits per heavy atom. The van der Waals surface area contributed by atoms with E-state index in [1.54, 1.807) is 45.2 Å². The SMILES string of the molecule is CC(C)(C)OC(=O)NC1(c2ccccc2F)CCN(c2nc(C#N)c3c(Br)c[nH]c3n2)CC1. The molecule has 3 heterocycles. The van der Waals surface area contributed by atoms with Crippen molar-refractivity contribution < 1.29 is 13.9 Å². The van der Waals surface area contributed by atoms with Crippen LogP contribution >= 0.6 is 15.9 Å². The van der Waals surface area contributed by atoms with Gasteiger partial charge in [0, 0.05) is 29.3 Å². The van der Waals surface area contributed by atoms with E-state index in [0.29, 0.717) is 48.5 Å². The maximum Gasteiger partial charge on any atom is 0.408 e. The number of aromatic nitrogens is 3. The molecule has 1 fully saturated rings. The van der Waals surface area contributed by atoms with Gasteiger partial charge >= 0.3 is 6.09 Å². The molecule has 1 aromatic carbocycles. The fraction of sp³-hybridized carbons (Fsp3) is 0.391. The fourth-order valence-corrected chi connectivity index (χ4v) is 4.59. The minimum absolute atomic E-state index is 0.265. The van der Waals surface area contributed by atoms with Gasteiger partial charge in [0.05, 0.1) is 10.9 Å². The smallest absolute Gasteiger partial charge is 0.408 e. The Bertz CT molecular complexity index is 1240. The van der Waals surface area contributed by atoms with Gasteiger partial charge in [-0.3, -0.25) is 0 Å². The number of benzene rings is 1. The summed E-state index contributed by atoms with van der Waals surface area (Å²) in [5.41, 5.74) is -0.385. The first-order valence-corrected chi connectivity index (χ1v) is 11.4. The molecular formula is C23H24BrFN6O2. The molecule has 2 N–H and O–H groups in total. The molecule has 10 heteroatoms. The number of piperidine rings is 1. The summed E-state index contributed by atoms with van der Waals surface area (Å²) in [6, 6.07) is 8.57. The summed E-state index contributed by atoms with van der Waals surface area (Å²) in [7, 11) is 0. The Hall–Kier alpha value is -3.19. The fourth-order valence-electron chi connectivity index (χ4n) is 4.10. The number of nitrogens with zero attached hydrogens (tertiary/aromatic N) is 4. The van der Waals surface area contributed by atoms with Crippen molar-refractivity contribution in [1.29, 1.82) is 5.26 Å². The van der Waals surface area contributed by atoms with Gasteiger partial charge in [0.2, 0.25) is 5.95 Å². The van der Waals surface area contributed by atoms with E-state index in [1.807, 2.05) is 4.90 Å². The number of nitrogens with one attached hydrogen (secondary N) is 2. The molecule has 1 saturated heterocycles. The predicted octanol–water partition coefficient (Wildman–Crippen LogP) is 4.75. The number of alkyl carbamates (subject to hydrolysis) is 1. The van der Waals surface area contributed by atoms with Crippen molar-refractivity contribution in [2.24, 2.45) is 0 Å². The third-order valence-electron chi connectivity index (χ3n) is 5.61. The minimum Gasteiger partial charge on any atom is -0.444 e. The van der Waals surface area contributed by atoms with Gasteiger partial charge in [-0.15, -0.1) is 0 Å². The van der Waals surface area contributed by atoms with Crippen LogP contribution in [0.4, 0.5) is 15.1 Å².